The summed E-state index contributed by atoms with van der Waals surface area (Å²) in [6, 6.07) is 0. The molecule has 0 saturated carbocycles. The van der Waals surface area contributed by atoms with Gasteiger partial charge in [0.1, 0.15) is 13.5 Å². The first kappa shape index (κ1) is 19.6. The van der Waals surface area contributed by atoms with Crippen molar-refractivity contribution in [3.63, 3.8) is 0 Å². The van der Waals surface area contributed by atoms with Crippen LogP contribution in [0.4, 0.5) is 0 Å². The predicted molar refractivity (Wildman–Crippen MR) is 98.0 cm³/mol. The number of carbonyl (C=O) groups excluding carboxylic acids is 1. The first-order valence-electron chi connectivity index (χ1n) is 7.91. The van der Waals surface area contributed by atoms with Crippen LogP contribution >= 0.6 is 22.6 Å². The molecule has 19 heavy (non-hydrogen) atoms. The summed E-state index contributed by atoms with van der Waals surface area (Å²) in [4.78, 5) is 12.9. The highest BCUT2D eigenvalue weighted by Gasteiger charge is 2.48. The van der Waals surface area contributed by atoms with E-state index in [1.54, 1.807) is 0 Å². The van der Waals surface area contributed by atoms with Crippen molar-refractivity contribution in [1.82, 2.24) is 0 Å². The molecule has 0 aliphatic rings. The predicted octanol–water partition coefficient (Wildman–Crippen LogP) is 6.16. The number of halogens is 1. The van der Waals surface area contributed by atoms with Crippen LogP contribution in [-0.4, -0.2) is 17.9 Å². The molecular formula is C16H33IOSi. The van der Waals surface area contributed by atoms with E-state index >= 15 is 0 Å². The maximum atomic E-state index is 12.9. The molecule has 0 bridgehead atoms. The van der Waals surface area contributed by atoms with Crippen LogP contribution in [0.5, 0.6) is 0 Å². The van der Waals surface area contributed by atoms with Crippen LogP contribution in [0.3, 0.4) is 0 Å². The van der Waals surface area contributed by atoms with Gasteiger partial charge in [-0.1, -0.05) is 77.0 Å². The lowest BCUT2D eigenvalue weighted by molar-refractivity contribution is -0.113. The Labute approximate surface area is 135 Å². The summed E-state index contributed by atoms with van der Waals surface area (Å²) in [6.45, 7) is 13.7. The van der Waals surface area contributed by atoms with Crippen LogP contribution in [0.2, 0.25) is 16.6 Å². The lowest BCUT2D eigenvalue weighted by Crippen LogP contribution is -2.52. The molecule has 0 rings (SSSR count). The van der Waals surface area contributed by atoms with Gasteiger partial charge in [0, 0.05) is 6.42 Å². The van der Waals surface area contributed by atoms with Gasteiger partial charge in [-0.05, 0) is 33.9 Å². The lowest BCUT2D eigenvalue weighted by atomic mass is 10.2. The van der Waals surface area contributed by atoms with E-state index in [0.717, 1.165) is 12.8 Å². The van der Waals surface area contributed by atoms with E-state index in [-0.39, 0.29) is 0 Å². The van der Waals surface area contributed by atoms with Gasteiger partial charge >= 0.3 is 0 Å². The van der Waals surface area contributed by atoms with Gasteiger partial charge in [-0.15, -0.1) is 0 Å². The number of rotatable bonds is 10. The summed E-state index contributed by atoms with van der Waals surface area (Å²) in [5.74, 6) is 0. The zero-order chi connectivity index (χ0) is 15.1. The molecule has 0 saturated heterocycles. The molecule has 0 aromatic carbocycles. The van der Waals surface area contributed by atoms with Crippen LogP contribution in [0.1, 0.15) is 73.6 Å². The summed E-state index contributed by atoms with van der Waals surface area (Å²) < 4.78 is 1.24. The second kappa shape index (κ2) is 9.53. The highest BCUT2D eigenvalue weighted by Crippen LogP contribution is 2.42. The van der Waals surface area contributed by atoms with Gasteiger partial charge in [0.25, 0.3) is 0 Å². The minimum atomic E-state index is -1.84. The van der Waals surface area contributed by atoms with Gasteiger partial charge in [-0.25, -0.2) is 0 Å². The Balaban J connectivity index is 4.65. The Bertz CT molecular complexity index is 240. The summed E-state index contributed by atoms with van der Waals surface area (Å²) in [7, 11) is -1.84. The molecule has 0 radical (unpaired) electrons. The third-order valence-electron chi connectivity index (χ3n) is 4.64. The molecule has 0 N–H and O–H groups in total. The third-order valence-corrected chi connectivity index (χ3v) is 12.3. The fraction of sp³-hybridized carbons (Fsp3) is 0.938. The molecule has 0 spiro atoms. The van der Waals surface area contributed by atoms with E-state index < -0.39 is 8.07 Å². The number of unbranched alkanes of at least 4 members (excludes halogenated alkanes) is 3. The normalized spacial score (nSPS) is 12.7. The van der Waals surface area contributed by atoms with Crippen molar-refractivity contribution in [2.75, 3.05) is 4.43 Å². The molecule has 0 atom stereocenters. The van der Waals surface area contributed by atoms with Crippen molar-refractivity contribution < 1.29 is 4.79 Å². The van der Waals surface area contributed by atoms with Crippen molar-refractivity contribution in [2.24, 2.45) is 0 Å². The Morgan fingerprint density at radius 1 is 0.842 bits per heavy atom. The summed E-state index contributed by atoms with van der Waals surface area (Å²) >= 11 is 2.43. The fourth-order valence-corrected chi connectivity index (χ4v) is 11.0. The van der Waals surface area contributed by atoms with Crippen LogP contribution < -0.4 is 0 Å². The number of alkyl halides is 1. The second-order valence-electron chi connectivity index (χ2n) is 6.67. The summed E-state index contributed by atoms with van der Waals surface area (Å²) in [6.07, 6.45) is 5.76. The average Bonchev–Trinajstić information content (AvgIpc) is 2.27. The van der Waals surface area contributed by atoms with Gasteiger partial charge in [-0.2, -0.15) is 0 Å². The maximum Gasteiger partial charge on any atom is 0.140 e. The quantitative estimate of drug-likeness (QED) is 0.187. The Morgan fingerprint density at radius 3 is 1.63 bits per heavy atom. The monoisotopic (exact) mass is 396 g/mol. The molecule has 1 nitrogen and oxygen atoms in total. The van der Waals surface area contributed by atoms with Gasteiger partial charge in [0.05, 0.1) is 0 Å². The van der Waals surface area contributed by atoms with Crippen LogP contribution in [-0.2, 0) is 4.79 Å². The minimum absolute atomic E-state index is 0.564. The van der Waals surface area contributed by atoms with Crippen molar-refractivity contribution >= 4 is 36.1 Å². The summed E-state index contributed by atoms with van der Waals surface area (Å²) in [5.41, 5.74) is 1.69. The van der Waals surface area contributed by atoms with Gasteiger partial charge in [0.2, 0.25) is 0 Å². The lowest BCUT2D eigenvalue weighted by Gasteiger charge is -2.41. The zero-order valence-electron chi connectivity index (χ0n) is 13.8. The SMILES string of the molecule is CC(C)[Si](C(=O)CCCCCCI)(C(C)C)C(C)C. The standard InChI is InChI=1S/C16H33IOSi/c1-13(2)19(14(3)4,15(5)6)16(18)11-9-7-8-10-12-17/h13-15H,7-12H2,1-6H3. The molecule has 0 aromatic rings. The topological polar surface area (TPSA) is 17.1 Å². The molecule has 0 fully saturated rings. The zero-order valence-corrected chi connectivity index (χ0v) is 16.9. The van der Waals surface area contributed by atoms with Crippen LogP contribution in [0.15, 0.2) is 0 Å². The summed E-state index contributed by atoms with van der Waals surface area (Å²) in [5, 5.41) is 0.641. The fourth-order valence-electron chi connectivity index (χ4n) is 3.92. The molecule has 3 heteroatoms. The van der Waals surface area contributed by atoms with Crippen molar-refractivity contribution in [3.05, 3.63) is 0 Å². The highest BCUT2D eigenvalue weighted by atomic mass is 127. The van der Waals surface area contributed by atoms with Gasteiger partial charge in [0.15, 0.2) is 0 Å². The largest absolute Gasteiger partial charge is 0.305 e. The minimum Gasteiger partial charge on any atom is -0.305 e. The van der Waals surface area contributed by atoms with Gasteiger partial charge in [-0.3, -0.25) is 0 Å². The molecule has 0 aliphatic heterocycles. The van der Waals surface area contributed by atoms with E-state index in [1.807, 2.05) is 0 Å². The van der Waals surface area contributed by atoms with Crippen molar-refractivity contribution in [2.45, 2.75) is 90.3 Å². The molecule has 0 aromatic heterocycles. The van der Waals surface area contributed by atoms with E-state index in [0.29, 0.717) is 22.0 Å². The van der Waals surface area contributed by atoms with E-state index in [1.165, 1.54) is 23.7 Å². The molecular weight excluding hydrogens is 363 g/mol. The van der Waals surface area contributed by atoms with E-state index in [9.17, 15) is 4.79 Å². The second-order valence-corrected chi connectivity index (χ2v) is 13.6. The third kappa shape index (κ3) is 5.14. The number of hydrogen-bond donors (Lipinski definition) is 0. The van der Waals surface area contributed by atoms with E-state index in [4.69, 9.17) is 0 Å². The van der Waals surface area contributed by atoms with Gasteiger partial charge < -0.3 is 4.79 Å². The van der Waals surface area contributed by atoms with Crippen molar-refractivity contribution in [1.29, 1.82) is 0 Å². The first-order chi connectivity index (χ1) is 8.81. The Morgan fingerprint density at radius 2 is 1.26 bits per heavy atom. The highest BCUT2D eigenvalue weighted by molar-refractivity contribution is 14.1. The van der Waals surface area contributed by atoms with Crippen molar-refractivity contribution in [3.8, 4) is 0 Å². The van der Waals surface area contributed by atoms with Crippen LogP contribution in [0.25, 0.3) is 0 Å². The molecule has 0 unspecified atom stereocenters. The molecule has 0 aliphatic carbocycles. The maximum absolute atomic E-state index is 12.9. The average molecular weight is 396 g/mol. The Kier molecular flexibility index (Phi) is 9.84. The molecule has 0 amide bonds. The molecule has 114 valence electrons. The molecule has 0 heterocycles. The smallest absolute Gasteiger partial charge is 0.140 e. The Hall–Kier alpha value is 0.617. The number of carbonyl (C=O) groups is 1. The van der Waals surface area contributed by atoms with Crippen LogP contribution in [0, 0.1) is 0 Å². The first-order valence-corrected chi connectivity index (χ1v) is 11.7. The van der Waals surface area contributed by atoms with E-state index in [2.05, 4.69) is 64.1 Å². The number of hydrogen-bond acceptors (Lipinski definition) is 1.